The Kier molecular flexibility index (Phi) is 3.94. The second-order valence-electron chi connectivity index (χ2n) is 4.40. The molecule has 1 atom stereocenters. The number of aryl methyl sites for hydroxylation is 1. The zero-order chi connectivity index (χ0) is 12.1. The lowest BCUT2D eigenvalue weighted by Crippen LogP contribution is -2.21. The van der Waals surface area contributed by atoms with Gasteiger partial charge in [-0.2, -0.15) is 0 Å². The fourth-order valence-electron chi connectivity index (χ4n) is 1.87. The van der Waals surface area contributed by atoms with Gasteiger partial charge in [0.05, 0.1) is 6.54 Å². The zero-order valence-corrected chi connectivity index (χ0v) is 10.4. The van der Waals surface area contributed by atoms with E-state index in [-0.39, 0.29) is 0 Å². The summed E-state index contributed by atoms with van der Waals surface area (Å²) in [7, 11) is 2.02. The van der Waals surface area contributed by atoms with Crippen LogP contribution >= 0.6 is 0 Å². The molecule has 0 fully saturated rings. The van der Waals surface area contributed by atoms with E-state index in [1.54, 1.807) is 0 Å². The number of nitrogens with one attached hydrogen (secondary N) is 1. The predicted octanol–water partition coefficient (Wildman–Crippen LogP) is 2.31. The van der Waals surface area contributed by atoms with Crippen molar-refractivity contribution in [1.82, 2.24) is 14.9 Å². The second-order valence-corrected chi connectivity index (χ2v) is 4.40. The molecule has 90 valence electrons. The van der Waals surface area contributed by atoms with Gasteiger partial charge in [0.15, 0.2) is 0 Å². The molecule has 0 aliphatic heterocycles. The molecule has 3 heteroatoms. The summed E-state index contributed by atoms with van der Waals surface area (Å²) in [6, 6.07) is 10.6. The Hall–Kier alpha value is -1.61. The molecule has 3 nitrogen and oxygen atoms in total. The first kappa shape index (κ1) is 11.9. The van der Waals surface area contributed by atoms with Crippen molar-refractivity contribution in [3.05, 3.63) is 54.1 Å². The van der Waals surface area contributed by atoms with Gasteiger partial charge in [0.2, 0.25) is 0 Å². The maximum atomic E-state index is 4.29. The summed E-state index contributed by atoms with van der Waals surface area (Å²) in [4.78, 5) is 4.29. The Labute approximate surface area is 103 Å². The maximum Gasteiger partial charge on any atom is 0.122 e. The standard InChI is InChI=1S/C14H19N3/c1-12(13-6-4-3-5-7-13)10-15-11-14-16-8-9-17(14)2/h3-9,12,15H,10-11H2,1-2H3. The highest BCUT2D eigenvalue weighted by molar-refractivity contribution is 5.18. The van der Waals surface area contributed by atoms with Crippen molar-refractivity contribution in [3.63, 3.8) is 0 Å². The lowest BCUT2D eigenvalue weighted by atomic mass is 10.0. The fraction of sp³-hybridized carbons (Fsp3) is 0.357. The topological polar surface area (TPSA) is 29.9 Å². The van der Waals surface area contributed by atoms with Gasteiger partial charge in [-0.25, -0.2) is 4.98 Å². The lowest BCUT2D eigenvalue weighted by molar-refractivity contribution is 0.588. The minimum atomic E-state index is 0.525. The van der Waals surface area contributed by atoms with E-state index in [1.807, 2.05) is 24.0 Å². The molecule has 1 unspecified atom stereocenters. The van der Waals surface area contributed by atoms with E-state index in [4.69, 9.17) is 0 Å². The molecule has 1 N–H and O–H groups in total. The Bertz CT molecular complexity index is 448. The van der Waals surface area contributed by atoms with Crippen molar-refractivity contribution in [1.29, 1.82) is 0 Å². The Balaban J connectivity index is 1.81. The van der Waals surface area contributed by atoms with Crippen molar-refractivity contribution in [2.75, 3.05) is 6.54 Å². The number of imidazole rings is 1. The Morgan fingerprint density at radius 3 is 2.71 bits per heavy atom. The van der Waals surface area contributed by atoms with E-state index in [9.17, 15) is 0 Å². The van der Waals surface area contributed by atoms with Crippen LogP contribution in [0.4, 0.5) is 0 Å². The van der Waals surface area contributed by atoms with Crippen molar-refractivity contribution in [3.8, 4) is 0 Å². The van der Waals surface area contributed by atoms with E-state index in [0.717, 1.165) is 18.9 Å². The van der Waals surface area contributed by atoms with Crippen LogP contribution in [0.2, 0.25) is 0 Å². The number of nitrogens with zero attached hydrogens (tertiary/aromatic N) is 2. The average Bonchev–Trinajstić information content (AvgIpc) is 2.76. The minimum absolute atomic E-state index is 0.525. The van der Waals surface area contributed by atoms with Crippen LogP contribution in [0.15, 0.2) is 42.7 Å². The molecule has 0 aliphatic rings. The average molecular weight is 229 g/mol. The lowest BCUT2D eigenvalue weighted by Gasteiger charge is -2.12. The van der Waals surface area contributed by atoms with Crippen LogP contribution in [0.1, 0.15) is 24.2 Å². The maximum absolute atomic E-state index is 4.29. The number of hydrogen-bond acceptors (Lipinski definition) is 2. The third-order valence-corrected chi connectivity index (χ3v) is 3.02. The summed E-state index contributed by atoms with van der Waals surface area (Å²) in [5.74, 6) is 1.60. The number of aromatic nitrogens is 2. The molecule has 0 saturated heterocycles. The van der Waals surface area contributed by atoms with E-state index < -0.39 is 0 Å². The summed E-state index contributed by atoms with van der Waals surface area (Å²) in [6.07, 6.45) is 3.80. The highest BCUT2D eigenvalue weighted by Crippen LogP contribution is 2.13. The molecule has 0 bridgehead atoms. The van der Waals surface area contributed by atoms with E-state index >= 15 is 0 Å². The molecule has 2 aromatic rings. The summed E-state index contributed by atoms with van der Waals surface area (Å²) < 4.78 is 2.04. The van der Waals surface area contributed by atoms with Crippen molar-refractivity contribution < 1.29 is 0 Å². The third kappa shape index (κ3) is 3.17. The summed E-state index contributed by atoms with van der Waals surface area (Å²) in [5.41, 5.74) is 1.37. The van der Waals surface area contributed by atoms with Gasteiger partial charge in [-0.3, -0.25) is 0 Å². The first-order chi connectivity index (χ1) is 8.27. The summed E-state index contributed by atoms with van der Waals surface area (Å²) >= 11 is 0. The zero-order valence-electron chi connectivity index (χ0n) is 10.4. The first-order valence-corrected chi connectivity index (χ1v) is 5.99. The van der Waals surface area contributed by atoms with Crippen molar-refractivity contribution >= 4 is 0 Å². The van der Waals surface area contributed by atoms with Crippen LogP contribution in [0.5, 0.6) is 0 Å². The predicted molar refractivity (Wildman–Crippen MR) is 69.8 cm³/mol. The van der Waals surface area contributed by atoms with E-state index in [2.05, 4.69) is 47.6 Å². The van der Waals surface area contributed by atoms with Crippen LogP contribution in [0, 0.1) is 0 Å². The molecule has 2 rings (SSSR count). The molecular formula is C14H19N3. The molecule has 0 aliphatic carbocycles. The third-order valence-electron chi connectivity index (χ3n) is 3.02. The molecule has 0 spiro atoms. The largest absolute Gasteiger partial charge is 0.337 e. The minimum Gasteiger partial charge on any atom is -0.337 e. The van der Waals surface area contributed by atoms with Gasteiger partial charge in [-0.05, 0) is 11.5 Å². The molecule has 0 amide bonds. The highest BCUT2D eigenvalue weighted by atomic mass is 15.1. The molecule has 1 aromatic heterocycles. The van der Waals surface area contributed by atoms with Crippen LogP contribution in [-0.2, 0) is 13.6 Å². The Morgan fingerprint density at radius 1 is 1.29 bits per heavy atom. The number of benzene rings is 1. The molecule has 1 aromatic carbocycles. The van der Waals surface area contributed by atoms with E-state index in [0.29, 0.717) is 5.92 Å². The second kappa shape index (κ2) is 5.64. The summed E-state index contributed by atoms with van der Waals surface area (Å²) in [6.45, 7) is 4.03. The monoisotopic (exact) mass is 229 g/mol. The molecule has 0 radical (unpaired) electrons. The fourth-order valence-corrected chi connectivity index (χ4v) is 1.87. The van der Waals surface area contributed by atoms with Crippen LogP contribution in [0.3, 0.4) is 0 Å². The van der Waals surface area contributed by atoms with Gasteiger partial charge in [0.1, 0.15) is 5.82 Å². The van der Waals surface area contributed by atoms with Gasteiger partial charge in [0.25, 0.3) is 0 Å². The van der Waals surface area contributed by atoms with Gasteiger partial charge >= 0.3 is 0 Å². The normalized spacial score (nSPS) is 12.6. The van der Waals surface area contributed by atoms with Crippen LogP contribution in [-0.4, -0.2) is 16.1 Å². The van der Waals surface area contributed by atoms with Crippen LogP contribution < -0.4 is 5.32 Å². The van der Waals surface area contributed by atoms with Crippen LogP contribution in [0.25, 0.3) is 0 Å². The molecular weight excluding hydrogens is 210 g/mol. The summed E-state index contributed by atoms with van der Waals surface area (Å²) in [5, 5.41) is 3.44. The smallest absolute Gasteiger partial charge is 0.122 e. The van der Waals surface area contributed by atoms with Gasteiger partial charge in [0, 0.05) is 26.0 Å². The molecule has 17 heavy (non-hydrogen) atoms. The van der Waals surface area contributed by atoms with E-state index in [1.165, 1.54) is 5.56 Å². The highest BCUT2D eigenvalue weighted by Gasteiger charge is 2.05. The van der Waals surface area contributed by atoms with Crippen molar-refractivity contribution in [2.24, 2.45) is 7.05 Å². The van der Waals surface area contributed by atoms with Crippen molar-refractivity contribution in [2.45, 2.75) is 19.4 Å². The SMILES string of the molecule is CC(CNCc1nccn1C)c1ccccc1. The molecule has 1 heterocycles. The quantitative estimate of drug-likeness (QED) is 0.852. The number of hydrogen-bond donors (Lipinski definition) is 1. The number of rotatable bonds is 5. The van der Waals surface area contributed by atoms with Gasteiger partial charge < -0.3 is 9.88 Å². The first-order valence-electron chi connectivity index (χ1n) is 5.99. The molecule has 0 saturated carbocycles. The van der Waals surface area contributed by atoms with Gasteiger partial charge in [-0.15, -0.1) is 0 Å². The Morgan fingerprint density at radius 2 is 2.06 bits per heavy atom. The van der Waals surface area contributed by atoms with Gasteiger partial charge in [-0.1, -0.05) is 37.3 Å².